The van der Waals surface area contributed by atoms with E-state index in [4.69, 9.17) is 16.9 Å². The molecule has 20 heavy (non-hydrogen) atoms. The smallest absolute Gasteiger partial charge is 0.0992 e. The Labute approximate surface area is 125 Å². The number of hydrogen-bond acceptors (Lipinski definition) is 2. The van der Waals surface area contributed by atoms with Gasteiger partial charge in [-0.05, 0) is 37.1 Å². The summed E-state index contributed by atoms with van der Waals surface area (Å²) in [4.78, 5) is 0. The molecule has 2 aromatic rings. The molecule has 1 atom stereocenters. The van der Waals surface area contributed by atoms with Crippen LogP contribution in [0.2, 0.25) is 5.02 Å². The summed E-state index contributed by atoms with van der Waals surface area (Å²) in [5, 5.41) is 12.9. The molecule has 102 valence electrons. The molecule has 0 fully saturated rings. The highest BCUT2D eigenvalue weighted by Gasteiger charge is 2.07. The molecule has 0 spiro atoms. The predicted molar refractivity (Wildman–Crippen MR) is 82.6 cm³/mol. The Kier molecular flexibility index (Phi) is 4.79. The predicted octanol–water partition coefficient (Wildman–Crippen LogP) is 4.37. The molecule has 0 aliphatic carbocycles. The van der Waals surface area contributed by atoms with E-state index in [0.29, 0.717) is 17.1 Å². The van der Waals surface area contributed by atoms with Crippen LogP contribution in [0.25, 0.3) is 0 Å². The van der Waals surface area contributed by atoms with Gasteiger partial charge in [-0.1, -0.05) is 47.5 Å². The maximum absolute atomic E-state index is 8.82. The van der Waals surface area contributed by atoms with Gasteiger partial charge in [-0.3, -0.25) is 0 Å². The highest BCUT2D eigenvalue weighted by Crippen LogP contribution is 2.19. The van der Waals surface area contributed by atoms with Gasteiger partial charge in [-0.15, -0.1) is 0 Å². The first kappa shape index (κ1) is 14.6. The van der Waals surface area contributed by atoms with Crippen molar-refractivity contribution in [3.63, 3.8) is 0 Å². The van der Waals surface area contributed by atoms with Crippen molar-refractivity contribution in [1.82, 2.24) is 5.32 Å². The van der Waals surface area contributed by atoms with Gasteiger partial charge in [0.1, 0.15) is 0 Å². The second-order valence-electron chi connectivity index (χ2n) is 4.93. The highest BCUT2D eigenvalue weighted by atomic mass is 35.5. The van der Waals surface area contributed by atoms with Crippen molar-refractivity contribution in [3.8, 4) is 6.07 Å². The lowest BCUT2D eigenvalue weighted by Gasteiger charge is -2.15. The van der Waals surface area contributed by atoms with Crippen molar-refractivity contribution in [3.05, 3.63) is 69.7 Å². The molecular weight excluding hydrogens is 268 g/mol. The number of nitriles is 1. The third kappa shape index (κ3) is 3.60. The summed E-state index contributed by atoms with van der Waals surface area (Å²) >= 11 is 6.17. The SMILES string of the molecule is Cc1ccc([C@H](C)NCc2ccc(C#N)cc2Cl)cc1. The lowest BCUT2D eigenvalue weighted by Crippen LogP contribution is -2.18. The van der Waals surface area contributed by atoms with E-state index in [1.54, 1.807) is 12.1 Å². The van der Waals surface area contributed by atoms with Crippen LogP contribution >= 0.6 is 11.6 Å². The Hall–Kier alpha value is -1.82. The number of hydrogen-bond donors (Lipinski definition) is 1. The van der Waals surface area contributed by atoms with Crippen molar-refractivity contribution >= 4 is 11.6 Å². The van der Waals surface area contributed by atoms with Crippen LogP contribution in [0.4, 0.5) is 0 Å². The molecule has 2 aromatic carbocycles. The van der Waals surface area contributed by atoms with E-state index in [-0.39, 0.29) is 6.04 Å². The van der Waals surface area contributed by atoms with Crippen LogP contribution in [0, 0.1) is 18.3 Å². The van der Waals surface area contributed by atoms with Gasteiger partial charge in [0.2, 0.25) is 0 Å². The molecule has 0 bridgehead atoms. The lowest BCUT2D eigenvalue weighted by atomic mass is 10.1. The van der Waals surface area contributed by atoms with E-state index in [1.807, 2.05) is 6.07 Å². The fourth-order valence-electron chi connectivity index (χ4n) is 2.00. The van der Waals surface area contributed by atoms with Crippen LogP contribution in [0.5, 0.6) is 0 Å². The van der Waals surface area contributed by atoms with E-state index in [0.717, 1.165) is 5.56 Å². The molecule has 2 rings (SSSR count). The van der Waals surface area contributed by atoms with Gasteiger partial charge in [-0.25, -0.2) is 0 Å². The zero-order valence-electron chi connectivity index (χ0n) is 11.7. The Bertz CT molecular complexity index is 626. The van der Waals surface area contributed by atoms with Crippen LogP contribution in [0.15, 0.2) is 42.5 Å². The van der Waals surface area contributed by atoms with Gasteiger partial charge in [0.05, 0.1) is 11.6 Å². The van der Waals surface area contributed by atoms with Gasteiger partial charge in [-0.2, -0.15) is 5.26 Å². The fourth-order valence-corrected chi connectivity index (χ4v) is 2.24. The minimum Gasteiger partial charge on any atom is -0.306 e. The number of benzene rings is 2. The normalized spacial score (nSPS) is 11.9. The number of halogens is 1. The van der Waals surface area contributed by atoms with Crippen molar-refractivity contribution in [2.24, 2.45) is 0 Å². The molecule has 1 N–H and O–H groups in total. The van der Waals surface area contributed by atoms with Gasteiger partial charge >= 0.3 is 0 Å². The summed E-state index contributed by atoms with van der Waals surface area (Å²) in [6.45, 7) is 4.89. The average molecular weight is 285 g/mol. The molecule has 0 saturated carbocycles. The van der Waals surface area contributed by atoms with Crippen LogP contribution in [0.3, 0.4) is 0 Å². The molecule has 0 aliphatic heterocycles. The standard InChI is InChI=1S/C17H17ClN2/c1-12-3-6-15(7-4-12)13(2)20-11-16-8-5-14(10-19)9-17(16)18/h3-9,13,20H,11H2,1-2H3/t13-/m0/s1. The topological polar surface area (TPSA) is 35.8 Å². The highest BCUT2D eigenvalue weighted by molar-refractivity contribution is 6.31. The molecule has 2 nitrogen and oxygen atoms in total. The maximum atomic E-state index is 8.82. The van der Waals surface area contributed by atoms with Gasteiger partial charge in [0, 0.05) is 17.6 Å². The number of nitrogens with zero attached hydrogens (tertiary/aromatic N) is 1. The zero-order chi connectivity index (χ0) is 14.5. The first-order chi connectivity index (χ1) is 9.60. The third-order valence-corrected chi connectivity index (χ3v) is 3.71. The molecular formula is C17H17ClN2. The van der Waals surface area contributed by atoms with Crippen molar-refractivity contribution in [2.75, 3.05) is 0 Å². The molecule has 0 unspecified atom stereocenters. The summed E-state index contributed by atoms with van der Waals surface area (Å²) in [6.07, 6.45) is 0. The van der Waals surface area contributed by atoms with E-state index in [2.05, 4.69) is 49.5 Å². The van der Waals surface area contributed by atoms with Crippen LogP contribution in [-0.2, 0) is 6.54 Å². The first-order valence-electron chi connectivity index (χ1n) is 6.58. The lowest BCUT2D eigenvalue weighted by molar-refractivity contribution is 0.574. The molecule has 0 radical (unpaired) electrons. The molecule has 0 heterocycles. The number of nitrogens with one attached hydrogen (secondary N) is 1. The summed E-state index contributed by atoms with van der Waals surface area (Å²) in [7, 11) is 0. The number of rotatable bonds is 4. The Morgan fingerprint density at radius 3 is 2.50 bits per heavy atom. The Balaban J connectivity index is 2.01. The van der Waals surface area contributed by atoms with E-state index in [9.17, 15) is 0 Å². The van der Waals surface area contributed by atoms with Crippen molar-refractivity contribution in [2.45, 2.75) is 26.4 Å². The van der Waals surface area contributed by atoms with Crippen molar-refractivity contribution in [1.29, 1.82) is 5.26 Å². The van der Waals surface area contributed by atoms with Gasteiger partial charge in [0.15, 0.2) is 0 Å². The maximum Gasteiger partial charge on any atom is 0.0992 e. The molecule has 0 aromatic heterocycles. The van der Waals surface area contributed by atoms with Crippen LogP contribution in [0.1, 0.15) is 35.2 Å². The largest absolute Gasteiger partial charge is 0.306 e. The quantitative estimate of drug-likeness (QED) is 0.905. The Morgan fingerprint density at radius 2 is 1.90 bits per heavy atom. The van der Waals surface area contributed by atoms with Crippen LogP contribution < -0.4 is 5.32 Å². The third-order valence-electron chi connectivity index (χ3n) is 3.36. The van der Waals surface area contributed by atoms with Crippen LogP contribution in [-0.4, -0.2) is 0 Å². The zero-order valence-corrected chi connectivity index (χ0v) is 12.4. The van der Waals surface area contributed by atoms with E-state index >= 15 is 0 Å². The summed E-state index contributed by atoms with van der Waals surface area (Å²) in [5.74, 6) is 0. The summed E-state index contributed by atoms with van der Waals surface area (Å²) < 4.78 is 0. The molecule has 3 heteroatoms. The minimum absolute atomic E-state index is 0.252. The van der Waals surface area contributed by atoms with Gasteiger partial charge < -0.3 is 5.32 Å². The van der Waals surface area contributed by atoms with Crippen molar-refractivity contribution < 1.29 is 0 Å². The summed E-state index contributed by atoms with van der Waals surface area (Å²) in [6, 6.07) is 16.2. The summed E-state index contributed by atoms with van der Waals surface area (Å²) in [5.41, 5.74) is 4.10. The van der Waals surface area contributed by atoms with E-state index in [1.165, 1.54) is 11.1 Å². The molecule has 0 aliphatic rings. The fraction of sp³-hybridized carbons (Fsp3) is 0.235. The number of aryl methyl sites for hydroxylation is 1. The second kappa shape index (κ2) is 6.56. The van der Waals surface area contributed by atoms with Gasteiger partial charge in [0.25, 0.3) is 0 Å². The molecule has 0 amide bonds. The van der Waals surface area contributed by atoms with E-state index < -0.39 is 0 Å². The first-order valence-corrected chi connectivity index (χ1v) is 6.96. The Morgan fingerprint density at radius 1 is 1.20 bits per heavy atom. The molecule has 0 saturated heterocycles. The average Bonchev–Trinajstić information content (AvgIpc) is 2.46. The minimum atomic E-state index is 0.252. The monoisotopic (exact) mass is 284 g/mol. The second-order valence-corrected chi connectivity index (χ2v) is 5.34.